The first-order valence-electron chi connectivity index (χ1n) is 1.98. The molecule has 0 aliphatic heterocycles. The molecule has 0 fully saturated rings. The molecule has 0 atom stereocenters. The van der Waals surface area contributed by atoms with Crippen molar-refractivity contribution < 1.29 is 0 Å². The summed E-state index contributed by atoms with van der Waals surface area (Å²) in [6, 6.07) is 0. The van der Waals surface area contributed by atoms with Gasteiger partial charge in [-0.15, -0.1) is 26.0 Å². The second-order valence-corrected chi connectivity index (χ2v) is 0.471. The number of terminal acetylenes is 1. The summed E-state index contributed by atoms with van der Waals surface area (Å²) in [6.07, 6.45) is 11.3. The maximum absolute atomic E-state index is 4.00. The van der Waals surface area contributed by atoms with Crippen LogP contribution >= 0.6 is 0 Å². The highest BCUT2D eigenvalue weighted by Gasteiger charge is 1.29. The van der Waals surface area contributed by atoms with Crippen LogP contribution in [-0.2, 0) is 0 Å². The summed E-state index contributed by atoms with van der Waals surface area (Å²) < 4.78 is 0. The third-order valence-electron chi connectivity index (χ3n) is 0.167. The molecule has 0 aromatic rings. The van der Waals surface area contributed by atoms with Gasteiger partial charge in [-0.05, 0) is 0 Å². The zero-order valence-corrected chi connectivity index (χ0v) is 5.14. The van der Waals surface area contributed by atoms with E-state index in [-0.39, 0.29) is 0 Å². The first kappa shape index (κ1) is 15.9. The molecule has 0 spiro atoms. The van der Waals surface area contributed by atoms with Gasteiger partial charge in [0.15, 0.2) is 0 Å². The van der Waals surface area contributed by atoms with Gasteiger partial charge in [0.25, 0.3) is 0 Å². The van der Waals surface area contributed by atoms with E-state index in [1.807, 2.05) is 0 Å². The molecule has 0 bridgehead atoms. The molecular weight excluding hydrogens is 96.1 g/mol. The van der Waals surface area contributed by atoms with Crippen LogP contribution in [0.1, 0.15) is 0 Å². The van der Waals surface area contributed by atoms with Crippen molar-refractivity contribution in [2.75, 3.05) is 0 Å². The van der Waals surface area contributed by atoms with Crippen LogP contribution in [0.25, 0.3) is 0 Å². The fourth-order valence-electron chi connectivity index (χ4n) is 0. The minimum atomic E-state index is 1.64. The molecule has 0 heterocycles. The number of hydrogen-bond acceptors (Lipinski definition) is 0. The predicted octanol–water partition coefficient (Wildman–Crippen LogP) is 2.41. The van der Waals surface area contributed by atoms with E-state index < -0.39 is 0 Å². The van der Waals surface area contributed by atoms with E-state index in [9.17, 15) is 0 Å². The van der Waals surface area contributed by atoms with Crippen LogP contribution in [0.4, 0.5) is 0 Å². The molecule has 8 heavy (non-hydrogen) atoms. The smallest absolute Gasteiger partial charge is 0.0701 e. The summed E-state index contributed by atoms with van der Waals surface area (Å²) >= 11 is 0. The molecule has 0 unspecified atom stereocenters. The highest BCUT2D eigenvalue weighted by molar-refractivity contribution is 4.88. The number of allylic oxidation sites excluding steroid dienone is 2. The van der Waals surface area contributed by atoms with Crippen molar-refractivity contribution in [1.82, 2.24) is 0 Å². The molecule has 44 valence electrons. The standard InChI is InChI=1S/C4H6.C2H4.C2H2/c1-3-4-2;2*1-2/h3-4H,1-2H2;1-2H2;1-2H. The summed E-state index contributed by atoms with van der Waals surface area (Å²) in [5.74, 6) is 0. The molecule has 0 saturated heterocycles. The van der Waals surface area contributed by atoms with Gasteiger partial charge < -0.3 is 0 Å². The maximum atomic E-state index is 4.00. The Morgan fingerprint density at radius 1 is 0.875 bits per heavy atom. The molecule has 0 nitrogen and oxygen atoms in total. The Balaban J connectivity index is -0.0000000542. The van der Waals surface area contributed by atoms with Gasteiger partial charge in [0.2, 0.25) is 0 Å². The molecule has 0 N–H and O–H groups in total. The lowest BCUT2D eigenvalue weighted by atomic mass is 10.6. The molecule has 0 radical (unpaired) electrons. The SMILES string of the molecule is C#C.C=C.C=CC=C. The van der Waals surface area contributed by atoms with Crippen LogP contribution in [0.15, 0.2) is 38.5 Å². The zero-order chi connectivity index (χ0) is 7.41. The van der Waals surface area contributed by atoms with Crippen LogP contribution in [0.2, 0.25) is 0 Å². The van der Waals surface area contributed by atoms with Crippen LogP contribution in [0.5, 0.6) is 0 Å². The Morgan fingerprint density at radius 3 is 1.00 bits per heavy atom. The van der Waals surface area contributed by atoms with Gasteiger partial charge in [-0.2, -0.15) is 0 Å². The first-order valence-corrected chi connectivity index (χ1v) is 1.98. The van der Waals surface area contributed by atoms with E-state index in [1.54, 1.807) is 12.2 Å². The monoisotopic (exact) mass is 108 g/mol. The lowest BCUT2D eigenvalue weighted by Gasteiger charge is -1.44. The Bertz CT molecular complexity index is 51.7. The lowest BCUT2D eigenvalue weighted by molar-refractivity contribution is 2.15. The zero-order valence-electron chi connectivity index (χ0n) is 5.14. The van der Waals surface area contributed by atoms with E-state index in [0.29, 0.717) is 0 Å². The Kier molecular flexibility index (Phi) is 430. The van der Waals surface area contributed by atoms with E-state index in [0.717, 1.165) is 0 Å². The number of rotatable bonds is 1. The van der Waals surface area contributed by atoms with Crippen molar-refractivity contribution in [3.05, 3.63) is 38.5 Å². The average Bonchev–Trinajstić information content (AvgIpc) is 1.96. The first-order chi connectivity index (χ1) is 3.91. The van der Waals surface area contributed by atoms with Gasteiger partial charge in [0.05, 0.1) is 0 Å². The van der Waals surface area contributed by atoms with Crippen molar-refractivity contribution in [2.24, 2.45) is 0 Å². The van der Waals surface area contributed by atoms with Crippen molar-refractivity contribution in [1.29, 1.82) is 0 Å². The summed E-state index contributed by atoms with van der Waals surface area (Å²) in [5, 5.41) is 0. The van der Waals surface area contributed by atoms with Crippen LogP contribution in [0.3, 0.4) is 0 Å². The summed E-state index contributed by atoms with van der Waals surface area (Å²) in [6.45, 7) is 12.7. The molecule has 0 rings (SSSR count). The average molecular weight is 108 g/mol. The topological polar surface area (TPSA) is 0 Å². The third-order valence-corrected chi connectivity index (χ3v) is 0.167. The molecule has 0 aliphatic carbocycles. The predicted molar refractivity (Wildman–Crippen MR) is 41.5 cm³/mol. The summed E-state index contributed by atoms with van der Waals surface area (Å²) in [5.41, 5.74) is 0. The van der Waals surface area contributed by atoms with Gasteiger partial charge >= 0.3 is 0 Å². The second kappa shape index (κ2) is 217. The van der Waals surface area contributed by atoms with E-state index >= 15 is 0 Å². The van der Waals surface area contributed by atoms with E-state index in [4.69, 9.17) is 0 Å². The Labute approximate surface area is 52.2 Å². The molecular formula is C8H12. The van der Waals surface area contributed by atoms with Crippen molar-refractivity contribution in [3.8, 4) is 12.8 Å². The molecule has 0 aromatic heterocycles. The maximum Gasteiger partial charge on any atom is -0.0701 e. The molecule has 0 aliphatic rings. The van der Waals surface area contributed by atoms with Gasteiger partial charge in [-0.1, -0.05) is 25.3 Å². The summed E-state index contributed by atoms with van der Waals surface area (Å²) in [7, 11) is 0. The van der Waals surface area contributed by atoms with Gasteiger partial charge in [-0.25, -0.2) is 0 Å². The molecule has 0 aromatic carbocycles. The fourth-order valence-corrected chi connectivity index (χ4v) is 0. The second-order valence-electron chi connectivity index (χ2n) is 0.471. The fraction of sp³-hybridized carbons (Fsp3) is 0. The largest absolute Gasteiger partial charge is 0.124 e. The molecule has 0 heteroatoms. The van der Waals surface area contributed by atoms with Crippen molar-refractivity contribution in [3.63, 3.8) is 0 Å². The third kappa shape index (κ3) is 1410. The van der Waals surface area contributed by atoms with Crippen molar-refractivity contribution in [2.45, 2.75) is 0 Å². The van der Waals surface area contributed by atoms with Crippen LogP contribution in [0, 0.1) is 12.8 Å². The van der Waals surface area contributed by atoms with Crippen LogP contribution in [-0.4, -0.2) is 0 Å². The normalized spacial score (nSPS) is 3.25. The molecule has 0 amide bonds. The highest BCUT2D eigenvalue weighted by Crippen LogP contribution is 1.52. The quantitative estimate of drug-likeness (QED) is 0.275. The molecule has 0 saturated carbocycles. The Morgan fingerprint density at radius 2 is 1.00 bits per heavy atom. The van der Waals surface area contributed by atoms with Crippen LogP contribution < -0.4 is 0 Å². The highest BCUT2D eigenvalue weighted by atomic mass is 13.4. The van der Waals surface area contributed by atoms with Gasteiger partial charge in [0, 0.05) is 0 Å². The van der Waals surface area contributed by atoms with Gasteiger partial charge in [-0.3, -0.25) is 0 Å². The number of hydrogen-bond donors (Lipinski definition) is 0. The van der Waals surface area contributed by atoms with E-state index in [2.05, 4.69) is 39.2 Å². The lowest BCUT2D eigenvalue weighted by Crippen LogP contribution is -1.21. The van der Waals surface area contributed by atoms with Gasteiger partial charge in [0.1, 0.15) is 0 Å². The summed E-state index contributed by atoms with van der Waals surface area (Å²) in [4.78, 5) is 0. The van der Waals surface area contributed by atoms with Crippen molar-refractivity contribution >= 4 is 0 Å². The minimum absolute atomic E-state index is 1.64. The van der Waals surface area contributed by atoms with E-state index in [1.165, 1.54) is 0 Å². The Hall–Kier alpha value is -1.22. The minimum Gasteiger partial charge on any atom is -0.124 e.